The lowest BCUT2D eigenvalue weighted by molar-refractivity contribution is -0.121. The number of hydrogen-bond acceptors (Lipinski definition) is 3. The molecule has 3 N–H and O–H groups in total. The lowest BCUT2D eigenvalue weighted by Crippen LogP contribution is -2.40. The van der Waals surface area contributed by atoms with Gasteiger partial charge in [-0.25, -0.2) is 0 Å². The van der Waals surface area contributed by atoms with Gasteiger partial charge in [0.25, 0.3) is 0 Å². The van der Waals surface area contributed by atoms with Gasteiger partial charge in [-0.3, -0.25) is 14.9 Å². The maximum absolute atomic E-state index is 11.2. The summed E-state index contributed by atoms with van der Waals surface area (Å²) < 4.78 is 0. The molecule has 0 heterocycles. The minimum atomic E-state index is -0.0722. The molecule has 0 bridgehead atoms. The third kappa shape index (κ3) is 9.45. The first-order valence-electron chi connectivity index (χ1n) is 5.80. The van der Waals surface area contributed by atoms with E-state index in [-0.39, 0.29) is 24.9 Å². The maximum Gasteiger partial charge on any atom is 0.233 e. The van der Waals surface area contributed by atoms with Crippen molar-refractivity contribution in [2.24, 2.45) is 5.92 Å². The van der Waals surface area contributed by atoms with Crippen LogP contribution < -0.4 is 16.0 Å². The van der Waals surface area contributed by atoms with Crippen LogP contribution in [0.3, 0.4) is 0 Å². The van der Waals surface area contributed by atoms with E-state index in [1.165, 1.54) is 0 Å². The van der Waals surface area contributed by atoms with E-state index in [0.29, 0.717) is 19.0 Å². The maximum atomic E-state index is 11.2. The fourth-order valence-corrected chi connectivity index (χ4v) is 0.997. The molecule has 0 aromatic carbocycles. The highest BCUT2D eigenvalue weighted by atomic mass is 16.2. The third-order valence-corrected chi connectivity index (χ3v) is 1.85. The van der Waals surface area contributed by atoms with Gasteiger partial charge in [0.15, 0.2) is 0 Å². The molecule has 0 radical (unpaired) electrons. The zero-order valence-electron chi connectivity index (χ0n) is 10.4. The molecule has 0 aromatic heterocycles. The van der Waals surface area contributed by atoms with Gasteiger partial charge < -0.3 is 10.6 Å². The van der Waals surface area contributed by atoms with Gasteiger partial charge >= 0.3 is 0 Å². The van der Waals surface area contributed by atoms with Gasteiger partial charge in [-0.2, -0.15) is 0 Å². The molecule has 0 aliphatic carbocycles. The van der Waals surface area contributed by atoms with Crippen LogP contribution in [0.15, 0.2) is 0 Å². The first-order chi connectivity index (χ1) is 7.56. The summed E-state index contributed by atoms with van der Waals surface area (Å²) in [7, 11) is 0. The van der Waals surface area contributed by atoms with Crippen LogP contribution in [0, 0.1) is 5.92 Å². The minimum Gasteiger partial charge on any atom is -0.355 e. The number of rotatable bonds is 8. The molecule has 0 atom stereocenters. The average molecular weight is 229 g/mol. The molecule has 0 fully saturated rings. The molecule has 0 aliphatic heterocycles. The van der Waals surface area contributed by atoms with Gasteiger partial charge in [0.2, 0.25) is 11.8 Å². The van der Waals surface area contributed by atoms with Gasteiger partial charge in [0.1, 0.15) is 0 Å². The molecule has 2 amide bonds. The van der Waals surface area contributed by atoms with Crippen molar-refractivity contribution in [3.8, 4) is 0 Å². The second kappa shape index (κ2) is 9.15. The normalized spacial score (nSPS) is 10.2. The Labute approximate surface area is 97.4 Å². The van der Waals surface area contributed by atoms with E-state index in [9.17, 15) is 9.59 Å². The van der Waals surface area contributed by atoms with Gasteiger partial charge in [0, 0.05) is 13.1 Å². The van der Waals surface area contributed by atoms with E-state index in [0.717, 1.165) is 6.42 Å². The number of amides is 2. The van der Waals surface area contributed by atoms with Crippen LogP contribution in [0.4, 0.5) is 0 Å². The molecule has 0 spiro atoms. The van der Waals surface area contributed by atoms with Crippen molar-refractivity contribution in [1.29, 1.82) is 0 Å². The predicted molar refractivity (Wildman–Crippen MR) is 64.0 cm³/mol. The number of nitrogens with one attached hydrogen (secondary N) is 3. The monoisotopic (exact) mass is 229 g/mol. The molecule has 0 rings (SSSR count). The Bertz CT molecular complexity index is 217. The molecule has 16 heavy (non-hydrogen) atoms. The fourth-order valence-electron chi connectivity index (χ4n) is 0.997. The highest BCUT2D eigenvalue weighted by Crippen LogP contribution is 1.85. The van der Waals surface area contributed by atoms with E-state index in [4.69, 9.17) is 0 Å². The Morgan fingerprint density at radius 2 is 1.62 bits per heavy atom. The quantitative estimate of drug-likeness (QED) is 0.543. The highest BCUT2D eigenvalue weighted by molar-refractivity contribution is 5.81. The Morgan fingerprint density at radius 1 is 1.06 bits per heavy atom. The minimum absolute atomic E-state index is 0.0708. The third-order valence-electron chi connectivity index (χ3n) is 1.85. The Morgan fingerprint density at radius 3 is 2.12 bits per heavy atom. The second-order valence-electron chi connectivity index (χ2n) is 4.15. The van der Waals surface area contributed by atoms with Crippen molar-refractivity contribution in [3.05, 3.63) is 0 Å². The summed E-state index contributed by atoms with van der Waals surface area (Å²) in [5.74, 6) is 0.298. The first-order valence-corrected chi connectivity index (χ1v) is 5.80. The topological polar surface area (TPSA) is 70.2 Å². The lowest BCUT2D eigenvalue weighted by atomic mass is 10.2. The Balaban J connectivity index is 3.43. The summed E-state index contributed by atoms with van der Waals surface area (Å²) >= 11 is 0. The summed E-state index contributed by atoms with van der Waals surface area (Å²) in [6.07, 6.45) is 0.917. The largest absolute Gasteiger partial charge is 0.355 e. The van der Waals surface area contributed by atoms with Crippen LogP contribution in [-0.2, 0) is 9.59 Å². The predicted octanol–water partition coefficient (Wildman–Crippen LogP) is -0.126. The van der Waals surface area contributed by atoms with E-state index in [1.807, 2.05) is 20.8 Å². The summed E-state index contributed by atoms with van der Waals surface area (Å²) in [6, 6.07) is 0. The van der Waals surface area contributed by atoms with Crippen molar-refractivity contribution < 1.29 is 9.59 Å². The van der Waals surface area contributed by atoms with Gasteiger partial charge in [-0.1, -0.05) is 20.8 Å². The fraction of sp³-hybridized carbons (Fsp3) is 0.818. The molecule has 5 heteroatoms. The molecule has 0 aromatic rings. The van der Waals surface area contributed by atoms with Gasteiger partial charge in [-0.15, -0.1) is 0 Å². The number of carbonyl (C=O) groups is 2. The zero-order valence-corrected chi connectivity index (χ0v) is 10.4. The first kappa shape index (κ1) is 14.9. The molecular weight excluding hydrogens is 206 g/mol. The van der Waals surface area contributed by atoms with Crippen LogP contribution in [0.5, 0.6) is 0 Å². The summed E-state index contributed by atoms with van der Waals surface area (Å²) in [4.78, 5) is 22.4. The standard InChI is InChI=1S/C11H23N3O2/c1-4-5-13-10(15)7-12-8-11(16)14-6-9(2)3/h9,12H,4-8H2,1-3H3,(H,13,15)(H,14,16). The average Bonchev–Trinajstić information content (AvgIpc) is 2.23. The van der Waals surface area contributed by atoms with E-state index in [1.54, 1.807) is 0 Å². The highest BCUT2D eigenvalue weighted by Gasteiger charge is 2.03. The molecule has 5 nitrogen and oxygen atoms in total. The van der Waals surface area contributed by atoms with E-state index < -0.39 is 0 Å². The summed E-state index contributed by atoms with van der Waals surface area (Å²) in [5.41, 5.74) is 0. The van der Waals surface area contributed by atoms with Crippen molar-refractivity contribution in [2.45, 2.75) is 27.2 Å². The molecule has 0 saturated heterocycles. The number of hydrogen-bond donors (Lipinski definition) is 3. The molecule has 94 valence electrons. The van der Waals surface area contributed by atoms with Crippen LogP contribution in [0.2, 0.25) is 0 Å². The molecule has 0 unspecified atom stereocenters. The van der Waals surface area contributed by atoms with Crippen molar-refractivity contribution in [3.63, 3.8) is 0 Å². The zero-order chi connectivity index (χ0) is 12.4. The van der Waals surface area contributed by atoms with Crippen LogP contribution in [0.1, 0.15) is 27.2 Å². The van der Waals surface area contributed by atoms with Crippen LogP contribution in [-0.4, -0.2) is 38.0 Å². The van der Waals surface area contributed by atoms with Crippen LogP contribution >= 0.6 is 0 Å². The van der Waals surface area contributed by atoms with Crippen molar-refractivity contribution in [1.82, 2.24) is 16.0 Å². The Kier molecular flexibility index (Phi) is 8.52. The van der Waals surface area contributed by atoms with Crippen molar-refractivity contribution >= 4 is 11.8 Å². The van der Waals surface area contributed by atoms with Crippen LogP contribution in [0.25, 0.3) is 0 Å². The van der Waals surface area contributed by atoms with E-state index in [2.05, 4.69) is 16.0 Å². The lowest BCUT2D eigenvalue weighted by Gasteiger charge is -2.08. The Hall–Kier alpha value is -1.10. The number of carbonyl (C=O) groups excluding carboxylic acids is 2. The second-order valence-corrected chi connectivity index (χ2v) is 4.15. The summed E-state index contributed by atoms with van der Waals surface area (Å²) in [6.45, 7) is 7.79. The SMILES string of the molecule is CCCNC(=O)CNCC(=O)NCC(C)C. The van der Waals surface area contributed by atoms with Gasteiger partial charge in [-0.05, 0) is 12.3 Å². The van der Waals surface area contributed by atoms with Crippen molar-refractivity contribution in [2.75, 3.05) is 26.2 Å². The van der Waals surface area contributed by atoms with Gasteiger partial charge in [0.05, 0.1) is 13.1 Å². The smallest absolute Gasteiger partial charge is 0.233 e. The van der Waals surface area contributed by atoms with E-state index >= 15 is 0 Å². The summed E-state index contributed by atoms with van der Waals surface area (Å²) in [5, 5.41) is 8.28. The molecule has 0 aliphatic rings. The molecule has 0 saturated carbocycles. The molecular formula is C11H23N3O2.